The Morgan fingerprint density at radius 3 is 2.61 bits per heavy atom. The van der Waals surface area contributed by atoms with Crippen LogP contribution in [0.15, 0.2) is 22.7 Å². The third-order valence-corrected chi connectivity index (χ3v) is 4.45. The van der Waals surface area contributed by atoms with Gasteiger partial charge in [0, 0.05) is 6.04 Å². The summed E-state index contributed by atoms with van der Waals surface area (Å²) in [5.41, 5.74) is -1.45. The van der Waals surface area contributed by atoms with E-state index in [1.165, 1.54) is 12.1 Å². The van der Waals surface area contributed by atoms with Crippen LogP contribution in [-0.2, 0) is 6.18 Å². The van der Waals surface area contributed by atoms with Gasteiger partial charge in [-0.3, -0.25) is 4.79 Å². The predicted octanol–water partition coefficient (Wildman–Crippen LogP) is 3.39. The van der Waals surface area contributed by atoms with E-state index < -0.39 is 23.2 Å². The van der Waals surface area contributed by atoms with Gasteiger partial charge in [-0.1, -0.05) is 5.16 Å². The standard InChI is InChI=1S/C18H17F3N4O3/c1-10-23-17(28-25-10)16(26)24-12-3-6-13(7-4-12)27-14-5-2-11(9-22)15(8-14)18(19,20)21/h2,5,8,12-13H,3-4,6-7H2,1H3,(H,24,26). The minimum absolute atomic E-state index is 0.0696. The van der Waals surface area contributed by atoms with Gasteiger partial charge < -0.3 is 14.6 Å². The number of rotatable bonds is 4. The summed E-state index contributed by atoms with van der Waals surface area (Å²) in [7, 11) is 0. The van der Waals surface area contributed by atoms with Crippen molar-refractivity contribution in [3.8, 4) is 11.8 Å². The molecule has 0 aliphatic heterocycles. The lowest BCUT2D eigenvalue weighted by Gasteiger charge is -2.29. The Labute approximate surface area is 158 Å². The van der Waals surface area contributed by atoms with E-state index in [1.807, 2.05) is 0 Å². The summed E-state index contributed by atoms with van der Waals surface area (Å²) in [5, 5.41) is 15.2. The van der Waals surface area contributed by atoms with Crippen molar-refractivity contribution in [3.05, 3.63) is 41.0 Å². The second-order valence-electron chi connectivity index (χ2n) is 6.53. The van der Waals surface area contributed by atoms with Gasteiger partial charge in [-0.2, -0.15) is 23.4 Å². The van der Waals surface area contributed by atoms with Crippen molar-refractivity contribution in [2.75, 3.05) is 0 Å². The number of benzene rings is 1. The molecule has 28 heavy (non-hydrogen) atoms. The van der Waals surface area contributed by atoms with Crippen LogP contribution in [0.1, 0.15) is 53.3 Å². The van der Waals surface area contributed by atoms with E-state index in [9.17, 15) is 18.0 Å². The molecule has 1 aliphatic carbocycles. The molecule has 7 nitrogen and oxygen atoms in total. The first-order valence-corrected chi connectivity index (χ1v) is 8.65. The number of hydrogen-bond acceptors (Lipinski definition) is 6. The van der Waals surface area contributed by atoms with E-state index >= 15 is 0 Å². The third-order valence-electron chi connectivity index (χ3n) is 4.45. The summed E-state index contributed by atoms with van der Waals surface area (Å²) < 4.78 is 49.6. The number of nitrogens with zero attached hydrogens (tertiary/aromatic N) is 3. The summed E-state index contributed by atoms with van der Waals surface area (Å²) in [6.07, 6.45) is -2.56. The second kappa shape index (κ2) is 7.88. The van der Waals surface area contributed by atoms with Crippen LogP contribution in [0, 0.1) is 18.3 Å². The van der Waals surface area contributed by atoms with Crippen LogP contribution in [0.2, 0.25) is 0 Å². The maximum absolute atomic E-state index is 13.0. The Balaban J connectivity index is 1.56. The lowest BCUT2D eigenvalue weighted by Crippen LogP contribution is -2.39. The summed E-state index contributed by atoms with van der Waals surface area (Å²) >= 11 is 0. The number of nitrogens with one attached hydrogen (secondary N) is 1. The maximum atomic E-state index is 13.0. The van der Waals surface area contributed by atoms with Gasteiger partial charge in [0.1, 0.15) is 5.75 Å². The molecule has 148 valence electrons. The lowest BCUT2D eigenvalue weighted by molar-refractivity contribution is -0.137. The molecule has 0 unspecified atom stereocenters. The first-order valence-electron chi connectivity index (χ1n) is 8.65. The zero-order valence-corrected chi connectivity index (χ0v) is 14.9. The highest BCUT2D eigenvalue weighted by molar-refractivity contribution is 5.89. The van der Waals surface area contributed by atoms with Gasteiger partial charge in [0.25, 0.3) is 0 Å². The highest BCUT2D eigenvalue weighted by Gasteiger charge is 2.34. The summed E-state index contributed by atoms with van der Waals surface area (Å²) in [6, 6.07) is 4.75. The molecular weight excluding hydrogens is 377 g/mol. The number of aromatic nitrogens is 2. The highest BCUT2D eigenvalue weighted by atomic mass is 19.4. The number of carbonyl (C=O) groups is 1. The summed E-state index contributed by atoms with van der Waals surface area (Å²) in [4.78, 5) is 15.9. The Kier molecular flexibility index (Phi) is 5.53. The Morgan fingerprint density at radius 1 is 1.32 bits per heavy atom. The maximum Gasteiger partial charge on any atom is 0.417 e. The van der Waals surface area contributed by atoms with Gasteiger partial charge in [-0.15, -0.1) is 0 Å². The minimum Gasteiger partial charge on any atom is -0.490 e. The van der Waals surface area contributed by atoms with Gasteiger partial charge in [0.2, 0.25) is 0 Å². The first-order chi connectivity index (χ1) is 13.3. The summed E-state index contributed by atoms with van der Waals surface area (Å²) in [6.45, 7) is 1.61. The number of hydrogen-bond donors (Lipinski definition) is 1. The number of alkyl halides is 3. The normalized spacial score (nSPS) is 19.7. The van der Waals surface area contributed by atoms with Gasteiger partial charge in [-0.05, 0) is 50.8 Å². The van der Waals surface area contributed by atoms with E-state index in [0.29, 0.717) is 31.5 Å². The average Bonchev–Trinajstić information content (AvgIpc) is 3.09. The summed E-state index contributed by atoms with van der Waals surface area (Å²) in [5.74, 6) is -0.122. The SMILES string of the molecule is Cc1noc(C(=O)NC2CCC(Oc3ccc(C#N)c(C(F)(F)F)c3)CC2)n1. The van der Waals surface area contributed by atoms with Gasteiger partial charge >= 0.3 is 18.0 Å². The monoisotopic (exact) mass is 394 g/mol. The van der Waals surface area contributed by atoms with E-state index in [0.717, 1.165) is 12.1 Å². The smallest absolute Gasteiger partial charge is 0.417 e. The van der Waals surface area contributed by atoms with Crippen molar-refractivity contribution in [3.63, 3.8) is 0 Å². The van der Waals surface area contributed by atoms with Gasteiger partial charge in [0.15, 0.2) is 5.82 Å². The molecule has 10 heteroatoms. The molecule has 0 spiro atoms. The molecule has 1 aromatic heterocycles. The van der Waals surface area contributed by atoms with Crippen LogP contribution in [0.25, 0.3) is 0 Å². The number of carbonyl (C=O) groups excluding carboxylic acids is 1. The molecule has 1 heterocycles. The molecule has 1 aliphatic rings. The fraction of sp³-hybridized carbons (Fsp3) is 0.444. The van der Waals surface area contributed by atoms with Crippen LogP contribution in [0.4, 0.5) is 13.2 Å². The van der Waals surface area contributed by atoms with Crippen molar-refractivity contribution in [1.29, 1.82) is 5.26 Å². The second-order valence-corrected chi connectivity index (χ2v) is 6.53. The molecule has 1 saturated carbocycles. The van der Waals surface area contributed by atoms with E-state index in [4.69, 9.17) is 14.5 Å². The van der Waals surface area contributed by atoms with Gasteiger partial charge in [-0.25, -0.2) is 0 Å². The minimum atomic E-state index is -4.63. The number of nitriles is 1. The van der Waals surface area contributed by atoms with Crippen LogP contribution >= 0.6 is 0 Å². The molecule has 3 rings (SSSR count). The number of amides is 1. The fourth-order valence-electron chi connectivity index (χ4n) is 3.08. The van der Waals surface area contributed by atoms with Gasteiger partial charge in [0.05, 0.1) is 23.3 Å². The van der Waals surface area contributed by atoms with Crippen LogP contribution in [-0.4, -0.2) is 28.2 Å². The van der Waals surface area contributed by atoms with E-state index in [2.05, 4.69) is 15.5 Å². The molecular formula is C18H17F3N4O3. The first kappa shape index (κ1) is 19.7. The quantitative estimate of drug-likeness (QED) is 0.853. The van der Waals surface area contributed by atoms with Crippen molar-refractivity contribution in [1.82, 2.24) is 15.5 Å². The largest absolute Gasteiger partial charge is 0.490 e. The fourth-order valence-corrected chi connectivity index (χ4v) is 3.08. The molecule has 0 saturated heterocycles. The van der Waals surface area contributed by atoms with Crippen molar-refractivity contribution >= 4 is 5.91 Å². The van der Waals surface area contributed by atoms with Crippen LogP contribution in [0.3, 0.4) is 0 Å². The number of ether oxygens (including phenoxy) is 1. The molecule has 0 bridgehead atoms. The Bertz CT molecular complexity index is 896. The third kappa shape index (κ3) is 4.60. The number of aryl methyl sites for hydroxylation is 1. The van der Waals surface area contributed by atoms with Crippen LogP contribution in [0.5, 0.6) is 5.75 Å². The molecule has 1 amide bonds. The highest BCUT2D eigenvalue weighted by Crippen LogP contribution is 2.35. The molecule has 1 fully saturated rings. The predicted molar refractivity (Wildman–Crippen MR) is 89.3 cm³/mol. The van der Waals surface area contributed by atoms with E-state index in [-0.39, 0.29) is 23.8 Å². The molecule has 1 N–H and O–H groups in total. The zero-order valence-electron chi connectivity index (χ0n) is 14.9. The van der Waals surface area contributed by atoms with Crippen molar-refractivity contribution in [2.45, 2.75) is 50.9 Å². The van der Waals surface area contributed by atoms with Crippen LogP contribution < -0.4 is 10.1 Å². The van der Waals surface area contributed by atoms with E-state index in [1.54, 1.807) is 6.92 Å². The molecule has 2 aromatic rings. The topological polar surface area (TPSA) is 101 Å². The zero-order chi connectivity index (χ0) is 20.3. The lowest BCUT2D eigenvalue weighted by atomic mass is 9.93. The average molecular weight is 394 g/mol. The van der Waals surface area contributed by atoms with Crippen molar-refractivity contribution in [2.24, 2.45) is 0 Å². The Hall–Kier alpha value is -3.09. The molecule has 1 aromatic carbocycles. The number of halogens is 3. The van der Waals surface area contributed by atoms with Crippen molar-refractivity contribution < 1.29 is 27.2 Å². The molecule has 0 atom stereocenters. The molecule has 0 radical (unpaired) electrons. The Morgan fingerprint density at radius 2 is 2.04 bits per heavy atom.